The summed E-state index contributed by atoms with van der Waals surface area (Å²) in [4.78, 5) is 4.70. The lowest BCUT2D eigenvalue weighted by molar-refractivity contribution is 0.483. The van der Waals surface area contributed by atoms with Crippen LogP contribution in [0, 0.1) is 27.7 Å². The van der Waals surface area contributed by atoms with E-state index < -0.39 is 0 Å². The average molecular weight is 535 g/mol. The quantitative estimate of drug-likeness (QED) is 0.221. The first kappa shape index (κ1) is 24.9. The van der Waals surface area contributed by atoms with Gasteiger partial charge in [-0.2, -0.15) is 5.10 Å². The molecular formula is C36H30N4O. The van der Waals surface area contributed by atoms with Gasteiger partial charge in [-0.15, -0.1) is 0 Å². The number of aromatic nitrogens is 4. The van der Waals surface area contributed by atoms with Crippen LogP contribution in [-0.4, -0.2) is 19.3 Å². The minimum Gasteiger partial charge on any atom is -0.457 e. The summed E-state index contributed by atoms with van der Waals surface area (Å²) in [6, 6.07) is 35.6. The monoisotopic (exact) mass is 534 g/mol. The van der Waals surface area contributed by atoms with Crippen molar-refractivity contribution in [2.45, 2.75) is 27.7 Å². The van der Waals surface area contributed by atoms with Crippen molar-refractivity contribution in [1.29, 1.82) is 0 Å². The SMILES string of the molecule is Cc1ccc(-c2c(C)nn(-c3cccc(Oc4ccc5c6ccccc6n(-c6cc(C)ccn6)c5c4)c3)c2C)cc1. The fourth-order valence-corrected chi connectivity index (χ4v) is 5.75. The largest absolute Gasteiger partial charge is 0.457 e. The van der Waals surface area contributed by atoms with Crippen molar-refractivity contribution in [1.82, 2.24) is 19.3 Å². The zero-order chi connectivity index (χ0) is 28.1. The van der Waals surface area contributed by atoms with Gasteiger partial charge in [0.15, 0.2) is 0 Å². The molecule has 3 heterocycles. The number of hydrogen-bond acceptors (Lipinski definition) is 3. The highest BCUT2D eigenvalue weighted by Gasteiger charge is 2.16. The second-order valence-electron chi connectivity index (χ2n) is 10.6. The van der Waals surface area contributed by atoms with E-state index in [-0.39, 0.29) is 0 Å². The predicted octanol–water partition coefficient (Wildman–Crippen LogP) is 9.06. The number of aryl methyl sites for hydroxylation is 3. The lowest BCUT2D eigenvalue weighted by atomic mass is 10.0. The third-order valence-corrected chi connectivity index (χ3v) is 7.70. The Labute approximate surface area is 239 Å². The maximum atomic E-state index is 6.46. The standard InChI is InChI=1S/C36H30N4O/c1-23-12-14-27(15-13-23)36-25(3)38-40(26(36)4)28-8-7-9-29(21-28)41-30-16-17-32-31-10-5-6-11-33(31)39(34(32)22-30)35-20-24(2)18-19-37-35/h5-22H,1-4H3. The van der Waals surface area contributed by atoms with Crippen LogP contribution in [0.1, 0.15) is 22.5 Å². The third-order valence-electron chi connectivity index (χ3n) is 7.70. The molecule has 5 nitrogen and oxygen atoms in total. The number of benzene rings is 4. The van der Waals surface area contributed by atoms with Crippen molar-refractivity contribution in [2.75, 3.05) is 0 Å². The Morgan fingerprint density at radius 1 is 0.634 bits per heavy atom. The van der Waals surface area contributed by atoms with Crippen LogP contribution < -0.4 is 4.74 Å². The van der Waals surface area contributed by atoms with E-state index in [2.05, 4.69) is 105 Å². The average Bonchev–Trinajstić information content (AvgIpc) is 3.46. The second-order valence-corrected chi connectivity index (χ2v) is 10.6. The lowest BCUT2D eigenvalue weighted by Crippen LogP contribution is -1.99. The van der Waals surface area contributed by atoms with Crippen molar-refractivity contribution in [2.24, 2.45) is 0 Å². The first-order chi connectivity index (χ1) is 20.0. The number of para-hydroxylation sites is 1. The summed E-state index contributed by atoms with van der Waals surface area (Å²) in [6.07, 6.45) is 1.86. The maximum absolute atomic E-state index is 6.46. The van der Waals surface area contributed by atoms with Gasteiger partial charge in [-0.3, -0.25) is 4.57 Å². The lowest BCUT2D eigenvalue weighted by Gasteiger charge is -2.11. The minimum atomic E-state index is 0.752. The van der Waals surface area contributed by atoms with Crippen LogP contribution in [0.25, 0.3) is 44.4 Å². The van der Waals surface area contributed by atoms with E-state index >= 15 is 0 Å². The number of nitrogens with zero attached hydrogens (tertiary/aromatic N) is 4. The van der Waals surface area contributed by atoms with Crippen LogP contribution >= 0.6 is 0 Å². The molecule has 0 aliphatic carbocycles. The van der Waals surface area contributed by atoms with Gasteiger partial charge in [-0.1, -0.05) is 54.1 Å². The van der Waals surface area contributed by atoms with Crippen LogP contribution in [0.3, 0.4) is 0 Å². The number of fused-ring (bicyclic) bond motifs is 3. The minimum absolute atomic E-state index is 0.752. The summed E-state index contributed by atoms with van der Waals surface area (Å²) in [5.41, 5.74) is 9.99. The fourth-order valence-electron chi connectivity index (χ4n) is 5.75. The molecular weight excluding hydrogens is 504 g/mol. The Morgan fingerprint density at radius 2 is 1.41 bits per heavy atom. The Balaban J connectivity index is 1.28. The molecule has 0 radical (unpaired) electrons. The molecule has 0 bridgehead atoms. The first-order valence-corrected chi connectivity index (χ1v) is 13.8. The normalized spacial score (nSPS) is 11.4. The third kappa shape index (κ3) is 4.36. The molecule has 3 aromatic heterocycles. The molecule has 7 aromatic rings. The van der Waals surface area contributed by atoms with Gasteiger partial charge in [0.2, 0.25) is 0 Å². The van der Waals surface area contributed by atoms with Crippen LogP contribution in [-0.2, 0) is 0 Å². The molecule has 0 spiro atoms. The fraction of sp³-hybridized carbons (Fsp3) is 0.111. The summed E-state index contributed by atoms with van der Waals surface area (Å²) < 4.78 is 10.7. The van der Waals surface area contributed by atoms with Gasteiger partial charge in [0, 0.05) is 40.4 Å². The summed E-state index contributed by atoms with van der Waals surface area (Å²) in [7, 11) is 0. The van der Waals surface area contributed by atoms with Crippen molar-refractivity contribution in [3.05, 3.63) is 132 Å². The molecule has 0 N–H and O–H groups in total. The molecule has 4 aromatic carbocycles. The van der Waals surface area contributed by atoms with Crippen LogP contribution in [0.2, 0.25) is 0 Å². The second kappa shape index (κ2) is 9.79. The van der Waals surface area contributed by atoms with Gasteiger partial charge in [0.1, 0.15) is 17.3 Å². The molecule has 5 heteroatoms. The molecule has 0 aliphatic rings. The topological polar surface area (TPSA) is 44.9 Å². The summed E-state index contributed by atoms with van der Waals surface area (Å²) in [5, 5.41) is 7.25. The van der Waals surface area contributed by atoms with E-state index in [1.54, 1.807) is 0 Å². The van der Waals surface area contributed by atoms with Crippen molar-refractivity contribution in [3.8, 4) is 34.1 Å². The van der Waals surface area contributed by atoms with Crippen LogP contribution in [0.4, 0.5) is 0 Å². The van der Waals surface area contributed by atoms with Crippen molar-refractivity contribution >= 4 is 21.8 Å². The summed E-state index contributed by atoms with van der Waals surface area (Å²) >= 11 is 0. The molecule has 200 valence electrons. The predicted molar refractivity (Wildman–Crippen MR) is 167 cm³/mol. The van der Waals surface area contributed by atoms with Crippen LogP contribution in [0.5, 0.6) is 11.5 Å². The molecule has 0 aliphatic heterocycles. The van der Waals surface area contributed by atoms with E-state index in [0.717, 1.165) is 50.8 Å². The molecule has 0 unspecified atom stereocenters. The van der Waals surface area contributed by atoms with E-state index in [1.165, 1.54) is 27.6 Å². The van der Waals surface area contributed by atoms with Gasteiger partial charge >= 0.3 is 0 Å². The van der Waals surface area contributed by atoms with Gasteiger partial charge < -0.3 is 4.74 Å². The highest BCUT2D eigenvalue weighted by Crippen LogP contribution is 2.36. The van der Waals surface area contributed by atoms with Gasteiger partial charge in [0.25, 0.3) is 0 Å². The Hall–Kier alpha value is -5.16. The number of ether oxygens (including phenoxy) is 1. The van der Waals surface area contributed by atoms with Gasteiger partial charge in [0.05, 0.1) is 22.4 Å². The van der Waals surface area contributed by atoms with E-state index in [4.69, 9.17) is 14.8 Å². The zero-order valence-corrected chi connectivity index (χ0v) is 23.6. The Morgan fingerprint density at radius 3 is 2.24 bits per heavy atom. The zero-order valence-electron chi connectivity index (χ0n) is 23.6. The molecule has 41 heavy (non-hydrogen) atoms. The first-order valence-electron chi connectivity index (χ1n) is 13.8. The van der Waals surface area contributed by atoms with Gasteiger partial charge in [-0.25, -0.2) is 9.67 Å². The van der Waals surface area contributed by atoms with Gasteiger partial charge in [-0.05, 0) is 81.3 Å². The van der Waals surface area contributed by atoms with Crippen molar-refractivity contribution < 1.29 is 4.74 Å². The highest BCUT2D eigenvalue weighted by atomic mass is 16.5. The van der Waals surface area contributed by atoms with Crippen molar-refractivity contribution in [3.63, 3.8) is 0 Å². The van der Waals surface area contributed by atoms with E-state index in [1.807, 2.05) is 41.2 Å². The number of rotatable bonds is 5. The summed E-state index contributed by atoms with van der Waals surface area (Å²) in [6.45, 7) is 8.38. The molecule has 7 rings (SSSR count). The molecule has 0 saturated heterocycles. The maximum Gasteiger partial charge on any atom is 0.137 e. The number of hydrogen-bond donors (Lipinski definition) is 0. The molecule has 0 atom stereocenters. The summed E-state index contributed by atoms with van der Waals surface area (Å²) in [5.74, 6) is 2.41. The molecule has 0 amide bonds. The number of pyridine rings is 1. The van der Waals surface area contributed by atoms with Crippen LogP contribution in [0.15, 0.2) is 109 Å². The highest BCUT2D eigenvalue weighted by molar-refractivity contribution is 6.09. The molecule has 0 fully saturated rings. The molecule has 0 saturated carbocycles. The van der Waals surface area contributed by atoms with E-state index in [0.29, 0.717) is 0 Å². The Bertz CT molecular complexity index is 2060. The van der Waals surface area contributed by atoms with E-state index in [9.17, 15) is 0 Å². The Kier molecular flexibility index (Phi) is 5.93. The smallest absolute Gasteiger partial charge is 0.137 e.